The zero-order valence-corrected chi connectivity index (χ0v) is 11.8. The predicted molar refractivity (Wildman–Crippen MR) is 66.8 cm³/mol. The molecule has 2 N–H and O–H groups in total. The van der Waals surface area contributed by atoms with E-state index in [4.69, 9.17) is 4.74 Å². The lowest BCUT2D eigenvalue weighted by Crippen LogP contribution is -2.49. The molecule has 1 saturated heterocycles. The van der Waals surface area contributed by atoms with Gasteiger partial charge in [0.15, 0.2) is 0 Å². The van der Waals surface area contributed by atoms with Gasteiger partial charge in [-0.3, -0.25) is 4.79 Å². The van der Waals surface area contributed by atoms with E-state index in [1.807, 2.05) is 0 Å². The SMILES string of the molecule is CC(C)(C)S(=O)(=O)NCC1(C(=O)O)CCOCC1. The summed E-state index contributed by atoms with van der Waals surface area (Å²) in [6.07, 6.45) is 0.657. The summed E-state index contributed by atoms with van der Waals surface area (Å²) in [4.78, 5) is 11.4. The molecule has 0 bridgehead atoms. The number of hydrogen-bond donors (Lipinski definition) is 2. The van der Waals surface area contributed by atoms with Crippen molar-refractivity contribution < 1.29 is 23.1 Å². The topological polar surface area (TPSA) is 92.7 Å². The van der Waals surface area contributed by atoms with Crippen LogP contribution in [0.1, 0.15) is 33.6 Å². The van der Waals surface area contributed by atoms with Crippen molar-refractivity contribution in [2.75, 3.05) is 19.8 Å². The Bertz CT molecular complexity index is 404. The van der Waals surface area contributed by atoms with Crippen LogP contribution in [0.25, 0.3) is 0 Å². The van der Waals surface area contributed by atoms with Gasteiger partial charge in [0.2, 0.25) is 10.0 Å². The number of hydrogen-bond acceptors (Lipinski definition) is 4. The van der Waals surface area contributed by atoms with Gasteiger partial charge in [-0.15, -0.1) is 0 Å². The maximum atomic E-state index is 11.9. The van der Waals surface area contributed by atoms with Crippen molar-refractivity contribution in [2.45, 2.75) is 38.4 Å². The van der Waals surface area contributed by atoms with E-state index in [-0.39, 0.29) is 6.54 Å². The fraction of sp³-hybridized carbons (Fsp3) is 0.909. The third-order valence-electron chi connectivity index (χ3n) is 3.31. The van der Waals surface area contributed by atoms with Crippen LogP contribution in [-0.2, 0) is 19.6 Å². The first-order chi connectivity index (χ1) is 8.11. The predicted octanol–water partition coefficient (Wildman–Crippen LogP) is 0.586. The highest BCUT2D eigenvalue weighted by Crippen LogP contribution is 2.30. The van der Waals surface area contributed by atoms with Gasteiger partial charge in [-0.1, -0.05) is 0 Å². The van der Waals surface area contributed by atoms with Gasteiger partial charge in [-0.2, -0.15) is 0 Å². The Balaban J connectivity index is 2.79. The van der Waals surface area contributed by atoms with E-state index in [2.05, 4.69) is 4.72 Å². The average molecular weight is 279 g/mol. The van der Waals surface area contributed by atoms with E-state index < -0.39 is 26.2 Å². The minimum atomic E-state index is -3.52. The minimum absolute atomic E-state index is 0.0781. The van der Waals surface area contributed by atoms with Crippen molar-refractivity contribution >= 4 is 16.0 Å². The highest BCUT2D eigenvalue weighted by atomic mass is 32.2. The van der Waals surface area contributed by atoms with Gasteiger partial charge in [-0.05, 0) is 33.6 Å². The van der Waals surface area contributed by atoms with Crippen molar-refractivity contribution in [3.05, 3.63) is 0 Å². The summed E-state index contributed by atoms with van der Waals surface area (Å²) in [6.45, 7) is 5.35. The Morgan fingerprint density at radius 1 is 1.33 bits per heavy atom. The largest absolute Gasteiger partial charge is 0.481 e. The smallest absolute Gasteiger partial charge is 0.311 e. The molecular formula is C11H21NO5S. The summed E-state index contributed by atoms with van der Waals surface area (Å²) in [5, 5.41) is 9.30. The molecule has 7 heteroatoms. The van der Waals surface area contributed by atoms with E-state index in [1.165, 1.54) is 0 Å². The molecule has 0 radical (unpaired) electrons. The second kappa shape index (κ2) is 5.14. The van der Waals surface area contributed by atoms with Crippen LogP contribution in [0.4, 0.5) is 0 Å². The van der Waals surface area contributed by atoms with Gasteiger partial charge in [0.25, 0.3) is 0 Å². The van der Waals surface area contributed by atoms with Gasteiger partial charge in [0.1, 0.15) is 0 Å². The standard InChI is InChI=1S/C11H21NO5S/c1-10(2,3)18(15,16)12-8-11(9(13)14)4-6-17-7-5-11/h12H,4-8H2,1-3H3,(H,13,14). The molecule has 6 nitrogen and oxygen atoms in total. The number of ether oxygens (including phenoxy) is 1. The van der Waals surface area contributed by atoms with Crippen LogP contribution < -0.4 is 4.72 Å². The molecule has 0 spiro atoms. The summed E-state index contributed by atoms with van der Waals surface area (Å²) >= 11 is 0. The Morgan fingerprint density at radius 3 is 2.22 bits per heavy atom. The molecule has 106 valence electrons. The molecule has 0 unspecified atom stereocenters. The van der Waals surface area contributed by atoms with Gasteiger partial charge in [0, 0.05) is 19.8 Å². The van der Waals surface area contributed by atoms with Crippen molar-refractivity contribution in [1.29, 1.82) is 0 Å². The second-order valence-electron chi connectivity index (χ2n) is 5.63. The van der Waals surface area contributed by atoms with Gasteiger partial charge in [0.05, 0.1) is 10.2 Å². The lowest BCUT2D eigenvalue weighted by Gasteiger charge is -2.34. The molecule has 1 heterocycles. The second-order valence-corrected chi connectivity index (χ2v) is 8.16. The fourth-order valence-corrected chi connectivity index (χ4v) is 2.58. The monoisotopic (exact) mass is 279 g/mol. The lowest BCUT2D eigenvalue weighted by atomic mass is 9.80. The summed E-state index contributed by atoms with van der Waals surface area (Å²) in [5.74, 6) is -0.970. The lowest BCUT2D eigenvalue weighted by molar-refractivity contribution is -0.154. The van der Waals surface area contributed by atoms with E-state index in [0.717, 1.165) is 0 Å². The zero-order chi connectivity index (χ0) is 14.0. The Hall–Kier alpha value is -0.660. The molecule has 0 aromatic heterocycles. The first-order valence-electron chi connectivity index (χ1n) is 5.91. The van der Waals surface area contributed by atoms with Crippen molar-refractivity contribution in [1.82, 2.24) is 4.72 Å². The number of carbonyl (C=O) groups is 1. The normalized spacial score (nSPS) is 20.6. The van der Waals surface area contributed by atoms with E-state index in [9.17, 15) is 18.3 Å². The van der Waals surface area contributed by atoms with Crippen LogP contribution in [0, 0.1) is 5.41 Å². The number of sulfonamides is 1. The molecule has 0 aliphatic carbocycles. The molecule has 1 fully saturated rings. The molecule has 0 aromatic rings. The number of rotatable bonds is 4. The number of aliphatic carboxylic acids is 1. The first kappa shape index (κ1) is 15.4. The van der Waals surface area contributed by atoms with E-state index in [0.29, 0.717) is 26.1 Å². The van der Waals surface area contributed by atoms with E-state index >= 15 is 0 Å². The molecule has 18 heavy (non-hydrogen) atoms. The molecule has 0 atom stereocenters. The van der Waals surface area contributed by atoms with Crippen LogP contribution in [0.3, 0.4) is 0 Å². The Labute approximate surface area is 108 Å². The average Bonchev–Trinajstić information content (AvgIpc) is 2.26. The summed E-state index contributed by atoms with van der Waals surface area (Å²) in [5.41, 5.74) is -1.05. The van der Waals surface area contributed by atoms with Crippen LogP contribution in [0.5, 0.6) is 0 Å². The van der Waals surface area contributed by atoms with Crippen LogP contribution in [0.15, 0.2) is 0 Å². The molecule has 0 aromatic carbocycles. The van der Waals surface area contributed by atoms with Gasteiger partial charge < -0.3 is 9.84 Å². The van der Waals surface area contributed by atoms with Crippen LogP contribution >= 0.6 is 0 Å². The molecule has 0 amide bonds. The summed E-state index contributed by atoms with van der Waals surface area (Å²) in [7, 11) is -3.52. The fourth-order valence-electron chi connectivity index (χ4n) is 1.68. The first-order valence-corrected chi connectivity index (χ1v) is 7.39. The Morgan fingerprint density at radius 2 is 1.83 bits per heavy atom. The van der Waals surface area contributed by atoms with Crippen molar-refractivity contribution in [3.63, 3.8) is 0 Å². The highest BCUT2D eigenvalue weighted by Gasteiger charge is 2.42. The highest BCUT2D eigenvalue weighted by molar-refractivity contribution is 7.90. The number of nitrogens with one attached hydrogen (secondary N) is 1. The van der Waals surface area contributed by atoms with Crippen molar-refractivity contribution in [2.24, 2.45) is 5.41 Å². The quantitative estimate of drug-likeness (QED) is 0.785. The van der Waals surface area contributed by atoms with E-state index in [1.54, 1.807) is 20.8 Å². The minimum Gasteiger partial charge on any atom is -0.481 e. The zero-order valence-electron chi connectivity index (χ0n) is 11.0. The van der Waals surface area contributed by atoms with Gasteiger partial charge >= 0.3 is 5.97 Å². The maximum absolute atomic E-state index is 11.9. The van der Waals surface area contributed by atoms with Crippen LogP contribution in [0.2, 0.25) is 0 Å². The summed E-state index contributed by atoms with van der Waals surface area (Å²) < 4.78 is 30.5. The maximum Gasteiger partial charge on any atom is 0.311 e. The van der Waals surface area contributed by atoms with Gasteiger partial charge in [-0.25, -0.2) is 13.1 Å². The number of carboxylic acid groups (broad SMARTS) is 1. The Kier molecular flexibility index (Phi) is 4.40. The summed E-state index contributed by atoms with van der Waals surface area (Å²) in [6, 6.07) is 0. The molecule has 1 aliphatic rings. The molecule has 0 saturated carbocycles. The molecular weight excluding hydrogens is 258 g/mol. The third-order valence-corrected chi connectivity index (χ3v) is 5.45. The third kappa shape index (κ3) is 3.21. The molecule has 1 rings (SSSR count). The molecule has 1 aliphatic heterocycles. The number of carboxylic acids is 1. The van der Waals surface area contributed by atoms with Crippen molar-refractivity contribution in [3.8, 4) is 0 Å². The van der Waals surface area contributed by atoms with Crippen LogP contribution in [-0.4, -0.2) is 44.0 Å².